The van der Waals surface area contributed by atoms with Crippen LogP contribution in [0.25, 0.3) is 0 Å². The summed E-state index contributed by atoms with van der Waals surface area (Å²) < 4.78 is 0. The van der Waals surface area contributed by atoms with Gasteiger partial charge in [0.15, 0.2) is 0 Å². The molecule has 1 aliphatic carbocycles. The zero-order chi connectivity index (χ0) is 11.5. The highest BCUT2D eigenvalue weighted by atomic mass is 16.3. The zero-order valence-corrected chi connectivity index (χ0v) is 8.89. The van der Waals surface area contributed by atoms with Gasteiger partial charge in [-0.05, 0) is 24.8 Å². The smallest absolute Gasteiger partial charge is 0.253 e. The van der Waals surface area contributed by atoms with Gasteiger partial charge in [0.1, 0.15) is 5.75 Å². The number of nitrogens with two attached hydrogens (primary N) is 1. The molecule has 1 aliphatic rings. The molecule has 1 heterocycles. The molecular weight excluding hydrogens is 206 g/mol. The Balaban J connectivity index is 1.87. The molecule has 0 saturated heterocycles. The lowest BCUT2D eigenvalue weighted by Crippen LogP contribution is -2.38. The number of hydrogen-bond acceptors (Lipinski definition) is 4. The Bertz CT molecular complexity index is 391. The summed E-state index contributed by atoms with van der Waals surface area (Å²) in [6.45, 7) is 0.471. The predicted molar refractivity (Wildman–Crippen MR) is 58.9 cm³/mol. The number of nitrogens with zero attached hydrogens (tertiary/aromatic N) is 1. The van der Waals surface area contributed by atoms with E-state index in [0.717, 1.165) is 12.8 Å². The highest BCUT2D eigenvalue weighted by Gasteiger charge is 2.28. The van der Waals surface area contributed by atoms with Crippen molar-refractivity contribution < 1.29 is 9.90 Å². The number of carbonyl (C=O) groups excluding carboxylic acids is 1. The number of aromatic hydroxyl groups is 1. The minimum Gasteiger partial charge on any atom is -0.506 e. The monoisotopic (exact) mass is 221 g/mol. The first-order chi connectivity index (χ1) is 7.66. The van der Waals surface area contributed by atoms with E-state index < -0.39 is 0 Å². The molecule has 1 unspecified atom stereocenters. The van der Waals surface area contributed by atoms with E-state index in [1.54, 1.807) is 0 Å². The summed E-state index contributed by atoms with van der Waals surface area (Å²) in [5.41, 5.74) is 6.21. The molecule has 16 heavy (non-hydrogen) atoms. The van der Waals surface area contributed by atoms with Gasteiger partial charge in [-0.3, -0.25) is 9.78 Å². The molecule has 1 aromatic heterocycles. The van der Waals surface area contributed by atoms with Crippen LogP contribution in [0.15, 0.2) is 18.5 Å². The van der Waals surface area contributed by atoms with Crippen LogP contribution in [-0.2, 0) is 0 Å². The Morgan fingerprint density at radius 1 is 1.62 bits per heavy atom. The van der Waals surface area contributed by atoms with E-state index in [9.17, 15) is 9.90 Å². The number of amides is 1. The molecule has 0 bridgehead atoms. The highest BCUT2D eigenvalue weighted by Crippen LogP contribution is 2.31. The van der Waals surface area contributed by atoms with Crippen molar-refractivity contribution in [3.8, 4) is 5.75 Å². The topological polar surface area (TPSA) is 88.2 Å². The summed E-state index contributed by atoms with van der Waals surface area (Å²) >= 11 is 0. The van der Waals surface area contributed by atoms with E-state index in [2.05, 4.69) is 10.3 Å². The summed E-state index contributed by atoms with van der Waals surface area (Å²) in [4.78, 5) is 15.4. The van der Waals surface area contributed by atoms with E-state index in [1.807, 2.05) is 0 Å². The number of rotatable bonds is 4. The molecule has 86 valence electrons. The molecule has 2 rings (SSSR count). The van der Waals surface area contributed by atoms with Crippen LogP contribution in [0.1, 0.15) is 23.2 Å². The van der Waals surface area contributed by atoms with Crippen LogP contribution in [-0.4, -0.2) is 28.6 Å². The lowest BCUT2D eigenvalue weighted by Gasteiger charge is -2.11. The molecule has 1 aromatic rings. The van der Waals surface area contributed by atoms with Crippen LogP contribution in [0.4, 0.5) is 0 Å². The minimum atomic E-state index is -0.250. The number of hydrogen-bond donors (Lipinski definition) is 3. The molecule has 0 aromatic carbocycles. The van der Waals surface area contributed by atoms with Crippen molar-refractivity contribution in [2.45, 2.75) is 18.9 Å². The van der Waals surface area contributed by atoms with Crippen molar-refractivity contribution >= 4 is 5.91 Å². The number of aromatic nitrogens is 1. The molecule has 1 amide bonds. The Morgan fingerprint density at radius 2 is 2.38 bits per heavy atom. The second kappa shape index (κ2) is 4.49. The maximum atomic E-state index is 11.6. The normalized spacial score (nSPS) is 16.8. The van der Waals surface area contributed by atoms with Crippen molar-refractivity contribution in [2.75, 3.05) is 6.54 Å². The van der Waals surface area contributed by atoms with Crippen LogP contribution in [0.2, 0.25) is 0 Å². The first-order valence-electron chi connectivity index (χ1n) is 5.34. The third-order valence-corrected chi connectivity index (χ3v) is 2.71. The zero-order valence-electron chi connectivity index (χ0n) is 8.89. The van der Waals surface area contributed by atoms with Gasteiger partial charge in [0, 0.05) is 18.8 Å². The van der Waals surface area contributed by atoms with Crippen molar-refractivity contribution in [3.05, 3.63) is 24.0 Å². The molecular formula is C11H15N3O2. The molecule has 1 saturated carbocycles. The van der Waals surface area contributed by atoms with E-state index in [4.69, 9.17) is 5.73 Å². The number of carbonyl (C=O) groups is 1. The van der Waals surface area contributed by atoms with Gasteiger partial charge in [0.05, 0.1) is 11.8 Å². The Labute approximate surface area is 93.7 Å². The maximum absolute atomic E-state index is 11.6. The van der Waals surface area contributed by atoms with Gasteiger partial charge in [-0.1, -0.05) is 0 Å². The summed E-state index contributed by atoms with van der Waals surface area (Å²) in [5.74, 6) is 0.293. The van der Waals surface area contributed by atoms with Gasteiger partial charge in [-0.2, -0.15) is 0 Å². The molecule has 1 fully saturated rings. The molecule has 1 atom stereocenters. The fraction of sp³-hybridized carbons (Fsp3) is 0.455. The molecule has 0 spiro atoms. The molecule has 4 N–H and O–H groups in total. The second-order valence-electron chi connectivity index (χ2n) is 4.14. The third-order valence-electron chi connectivity index (χ3n) is 2.71. The molecule has 0 aliphatic heterocycles. The van der Waals surface area contributed by atoms with Crippen molar-refractivity contribution in [2.24, 2.45) is 11.7 Å². The van der Waals surface area contributed by atoms with Gasteiger partial charge in [-0.25, -0.2) is 0 Å². The fourth-order valence-corrected chi connectivity index (χ4v) is 1.56. The first kappa shape index (κ1) is 10.9. The standard InChI is InChI=1S/C11H15N3O2/c12-10(7-1-2-7)6-14-11(16)8-3-9(15)5-13-4-8/h3-5,7,10,15H,1-2,6,12H2,(H,14,16). The van der Waals surface area contributed by atoms with Crippen molar-refractivity contribution in [1.29, 1.82) is 0 Å². The third kappa shape index (κ3) is 2.70. The van der Waals surface area contributed by atoms with Crippen LogP contribution in [0, 0.1) is 5.92 Å². The largest absolute Gasteiger partial charge is 0.506 e. The average Bonchev–Trinajstić information content (AvgIpc) is 3.09. The number of pyridine rings is 1. The summed E-state index contributed by atoms with van der Waals surface area (Å²) in [6.07, 6.45) is 5.01. The Hall–Kier alpha value is -1.62. The van der Waals surface area contributed by atoms with Gasteiger partial charge < -0.3 is 16.2 Å². The van der Waals surface area contributed by atoms with Gasteiger partial charge in [0.25, 0.3) is 5.91 Å². The summed E-state index contributed by atoms with van der Waals surface area (Å²) in [6, 6.07) is 1.42. The Morgan fingerprint density at radius 3 is 3.00 bits per heavy atom. The summed E-state index contributed by atoms with van der Waals surface area (Å²) in [5, 5.41) is 11.9. The lowest BCUT2D eigenvalue weighted by atomic mass is 10.2. The van der Waals surface area contributed by atoms with E-state index in [-0.39, 0.29) is 17.7 Å². The first-order valence-corrected chi connectivity index (χ1v) is 5.34. The van der Waals surface area contributed by atoms with Crippen LogP contribution >= 0.6 is 0 Å². The quantitative estimate of drug-likeness (QED) is 0.680. The average molecular weight is 221 g/mol. The summed E-state index contributed by atoms with van der Waals surface area (Å²) in [7, 11) is 0. The van der Waals surface area contributed by atoms with Crippen LogP contribution < -0.4 is 11.1 Å². The molecule has 0 radical (unpaired) electrons. The lowest BCUT2D eigenvalue weighted by molar-refractivity contribution is 0.0949. The van der Waals surface area contributed by atoms with E-state index >= 15 is 0 Å². The van der Waals surface area contributed by atoms with E-state index in [1.165, 1.54) is 18.5 Å². The van der Waals surface area contributed by atoms with E-state index in [0.29, 0.717) is 18.0 Å². The molecule has 5 heteroatoms. The van der Waals surface area contributed by atoms with Crippen molar-refractivity contribution in [3.63, 3.8) is 0 Å². The van der Waals surface area contributed by atoms with Gasteiger partial charge in [-0.15, -0.1) is 0 Å². The predicted octanol–water partition coefficient (Wildman–Crippen LogP) is 0.254. The van der Waals surface area contributed by atoms with Crippen LogP contribution in [0.3, 0.4) is 0 Å². The Kier molecular flexibility index (Phi) is 3.05. The maximum Gasteiger partial charge on any atom is 0.253 e. The molecule has 5 nitrogen and oxygen atoms in total. The minimum absolute atomic E-state index is 0.0147. The van der Waals surface area contributed by atoms with Gasteiger partial charge in [0.2, 0.25) is 0 Å². The van der Waals surface area contributed by atoms with Gasteiger partial charge >= 0.3 is 0 Å². The van der Waals surface area contributed by atoms with Crippen molar-refractivity contribution in [1.82, 2.24) is 10.3 Å². The second-order valence-corrected chi connectivity index (χ2v) is 4.14. The fourth-order valence-electron chi connectivity index (χ4n) is 1.56. The number of nitrogens with one attached hydrogen (secondary N) is 1. The van der Waals surface area contributed by atoms with Crippen LogP contribution in [0.5, 0.6) is 5.75 Å². The highest BCUT2D eigenvalue weighted by molar-refractivity contribution is 5.94. The SMILES string of the molecule is NC(CNC(=O)c1cncc(O)c1)C1CC1.